The van der Waals surface area contributed by atoms with E-state index in [4.69, 9.17) is 10.00 Å². The molecule has 0 unspecified atom stereocenters. The number of carbonyl (C=O) groups is 1. The number of amides is 2. The summed E-state index contributed by atoms with van der Waals surface area (Å²) in [5.41, 5.74) is 0.0825. The molecule has 0 radical (unpaired) electrons. The summed E-state index contributed by atoms with van der Waals surface area (Å²) in [6, 6.07) is 5.40. The predicted molar refractivity (Wildman–Crippen MR) is 100 cm³/mol. The molecule has 0 fully saturated rings. The largest absolute Gasteiger partial charge is 0.373 e. The molecule has 0 saturated heterocycles. The number of aromatic amines is 1. The Kier molecular flexibility index (Phi) is 4.89. The van der Waals surface area contributed by atoms with Gasteiger partial charge in [-0.05, 0) is 35.7 Å². The monoisotopic (exact) mass is 414 g/mol. The first-order valence-corrected chi connectivity index (χ1v) is 8.76. The van der Waals surface area contributed by atoms with Gasteiger partial charge in [0.2, 0.25) is 0 Å². The first kappa shape index (κ1) is 19.5. The Morgan fingerprint density at radius 3 is 2.60 bits per heavy atom. The van der Waals surface area contributed by atoms with Crippen LogP contribution in [0.5, 0.6) is 0 Å². The van der Waals surface area contributed by atoms with E-state index >= 15 is 0 Å². The van der Waals surface area contributed by atoms with Gasteiger partial charge < -0.3 is 20.4 Å². The van der Waals surface area contributed by atoms with Crippen LogP contribution in [0.3, 0.4) is 0 Å². The first-order valence-electron chi connectivity index (χ1n) is 8.76. The van der Waals surface area contributed by atoms with E-state index in [1.807, 2.05) is 0 Å². The number of pyridine rings is 1. The highest BCUT2D eigenvalue weighted by Gasteiger charge is 2.27. The molecule has 30 heavy (non-hydrogen) atoms. The highest BCUT2D eigenvalue weighted by Crippen LogP contribution is 2.30. The van der Waals surface area contributed by atoms with Crippen molar-refractivity contribution in [3.8, 4) is 6.07 Å². The van der Waals surface area contributed by atoms with E-state index in [-0.39, 0.29) is 35.2 Å². The Labute approximate surface area is 167 Å². The molecule has 2 heterocycles. The maximum absolute atomic E-state index is 13.9. The second-order valence-corrected chi connectivity index (χ2v) is 6.63. The smallest absolute Gasteiger partial charge is 0.319 e. The van der Waals surface area contributed by atoms with Crippen molar-refractivity contribution in [3.05, 3.63) is 75.0 Å². The molecule has 1 atom stereocenters. The van der Waals surface area contributed by atoms with Crippen molar-refractivity contribution in [1.29, 1.82) is 5.26 Å². The number of nitriles is 1. The quantitative estimate of drug-likeness (QED) is 0.599. The van der Waals surface area contributed by atoms with Crippen LogP contribution in [-0.2, 0) is 11.3 Å². The number of benzene rings is 2. The number of hydrogen-bond acceptors (Lipinski definition) is 4. The Morgan fingerprint density at radius 2 is 1.87 bits per heavy atom. The lowest BCUT2D eigenvalue weighted by molar-refractivity contribution is 0.0826. The molecule has 1 aliphatic rings. The summed E-state index contributed by atoms with van der Waals surface area (Å²) in [4.78, 5) is 27.2. The fourth-order valence-electron chi connectivity index (χ4n) is 3.39. The highest BCUT2D eigenvalue weighted by atomic mass is 19.2. The molecule has 0 bridgehead atoms. The number of aromatic nitrogens is 1. The standard InChI is InChI=1S/C20H13F3N4O3/c21-13-2-1-10(3-9(13)6-24)25-20(29)27-17-8-30-7-16-18(17)11-4-14(22)15(23)5-12(11)19(28)26-16/h1-5,17H,7-8H2,(H,26,28)(H2,25,27,29)/t17-/m1/s1. The number of nitrogens with zero attached hydrogens (tertiary/aromatic N) is 1. The number of rotatable bonds is 2. The van der Waals surface area contributed by atoms with Gasteiger partial charge in [-0.3, -0.25) is 4.79 Å². The third-order valence-electron chi connectivity index (χ3n) is 4.71. The zero-order valence-corrected chi connectivity index (χ0v) is 15.2. The van der Waals surface area contributed by atoms with Crippen LogP contribution in [0.4, 0.5) is 23.7 Å². The average Bonchev–Trinajstić information content (AvgIpc) is 2.71. The predicted octanol–water partition coefficient (Wildman–Crippen LogP) is 3.21. The molecular weight excluding hydrogens is 401 g/mol. The van der Waals surface area contributed by atoms with Crippen LogP contribution in [0.25, 0.3) is 10.8 Å². The molecule has 4 rings (SSSR count). The van der Waals surface area contributed by atoms with Crippen molar-refractivity contribution in [3.63, 3.8) is 0 Å². The van der Waals surface area contributed by atoms with E-state index < -0.39 is 35.1 Å². The normalized spacial score (nSPS) is 15.3. The maximum atomic E-state index is 13.9. The second kappa shape index (κ2) is 7.53. The zero-order chi connectivity index (χ0) is 21.4. The van der Waals surface area contributed by atoms with Crippen molar-refractivity contribution in [2.75, 3.05) is 11.9 Å². The molecule has 0 aliphatic carbocycles. The van der Waals surface area contributed by atoms with Gasteiger partial charge in [0.1, 0.15) is 11.9 Å². The summed E-state index contributed by atoms with van der Waals surface area (Å²) in [6.45, 7) is 0.0518. The van der Waals surface area contributed by atoms with Crippen molar-refractivity contribution < 1.29 is 22.7 Å². The third-order valence-corrected chi connectivity index (χ3v) is 4.71. The Morgan fingerprint density at radius 1 is 1.13 bits per heavy atom. The van der Waals surface area contributed by atoms with Gasteiger partial charge in [-0.1, -0.05) is 0 Å². The van der Waals surface area contributed by atoms with Crippen LogP contribution >= 0.6 is 0 Å². The molecule has 3 aromatic rings. The molecule has 7 nitrogen and oxygen atoms in total. The molecule has 3 N–H and O–H groups in total. The van der Waals surface area contributed by atoms with Gasteiger partial charge >= 0.3 is 6.03 Å². The summed E-state index contributed by atoms with van der Waals surface area (Å²) in [5, 5.41) is 14.1. The molecule has 0 saturated carbocycles. The summed E-state index contributed by atoms with van der Waals surface area (Å²) in [6.07, 6.45) is 0. The summed E-state index contributed by atoms with van der Waals surface area (Å²) in [7, 11) is 0. The number of urea groups is 1. The summed E-state index contributed by atoms with van der Waals surface area (Å²) >= 11 is 0. The van der Waals surface area contributed by atoms with E-state index in [1.54, 1.807) is 6.07 Å². The molecule has 152 valence electrons. The van der Waals surface area contributed by atoms with Gasteiger partial charge in [-0.25, -0.2) is 18.0 Å². The Hall–Kier alpha value is -3.84. The van der Waals surface area contributed by atoms with Gasteiger partial charge in [0.05, 0.1) is 30.2 Å². The van der Waals surface area contributed by atoms with Gasteiger partial charge in [0, 0.05) is 16.9 Å². The second-order valence-electron chi connectivity index (χ2n) is 6.63. The van der Waals surface area contributed by atoms with Gasteiger partial charge in [0.25, 0.3) is 5.56 Å². The van der Waals surface area contributed by atoms with Crippen LogP contribution in [0, 0.1) is 28.8 Å². The van der Waals surface area contributed by atoms with E-state index in [1.165, 1.54) is 12.1 Å². The number of anilines is 1. The van der Waals surface area contributed by atoms with E-state index in [0.29, 0.717) is 11.3 Å². The van der Waals surface area contributed by atoms with Gasteiger partial charge in [0.15, 0.2) is 11.6 Å². The number of nitrogens with one attached hydrogen (secondary N) is 3. The van der Waals surface area contributed by atoms with Crippen LogP contribution in [0.15, 0.2) is 35.1 Å². The SMILES string of the molecule is N#Cc1cc(NC(=O)N[C@@H]2COCc3[nH]c(=O)c4cc(F)c(F)cc4c32)ccc1F. The van der Waals surface area contributed by atoms with Gasteiger partial charge in [-0.15, -0.1) is 0 Å². The average molecular weight is 414 g/mol. The minimum Gasteiger partial charge on any atom is -0.373 e. The number of fused-ring (bicyclic) bond motifs is 3. The first-order chi connectivity index (χ1) is 14.4. The van der Waals surface area contributed by atoms with E-state index in [2.05, 4.69) is 15.6 Å². The van der Waals surface area contributed by atoms with Crippen LogP contribution < -0.4 is 16.2 Å². The van der Waals surface area contributed by atoms with Crippen molar-refractivity contribution in [1.82, 2.24) is 10.3 Å². The third kappa shape index (κ3) is 3.46. The number of hydrogen-bond donors (Lipinski definition) is 3. The van der Waals surface area contributed by atoms with Crippen molar-refractivity contribution in [2.24, 2.45) is 0 Å². The van der Waals surface area contributed by atoms with Crippen LogP contribution in [-0.4, -0.2) is 17.6 Å². The molecule has 2 aromatic carbocycles. The summed E-state index contributed by atoms with van der Waals surface area (Å²) < 4.78 is 46.3. The van der Waals surface area contributed by atoms with Gasteiger partial charge in [-0.2, -0.15) is 5.26 Å². The lowest BCUT2D eigenvalue weighted by Crippen LogP contribution is -2.38. The van der Waals surface area contributed by atoms with Crippen molar-refractivity contribution in [2.45, 2.75) is 12.6 Å². The number of ether oxygens (including phenoxy) is 1. The molecule has 1 aromatic heterocycles. The van der Waals surface area contributed by atoms with E-state index in [0.717, 1.165) is 18.2 Å². The molecule has 10 heteroatoms. The fourth-order valence-corrected chi connectivity index (χ4v) is 3.39. The Bertz CT molecular complexity index is 1280. The van der Waals surface area contributed by atoms with Crippen molar-refractivity contribution >= 4 is 22.5 Å². The molecular formula is C20H13F3N4O3. The van der Waals surface area contributed by atoms with Crippen LogP contribution in [0.2, 0.25) is 0 Å². The number of carbonyl (C=O) groups excluding carboxylic acids is 1. The molecule has 0 spiro atoms. The van der Waals surface area contributed by atoms with Crippen LogP contribution in [0.1, 0.15) is 22.9 Å². The zero-order valence-electron chi connectivity index (χ0n) is 15.2. The fraction of sp³-hybridized carbons (Fsp3) is 0.150. The molecule has 2 amide bonds. The highest BCUT2D eigenvalue weighted by molar-refractivity contribution is 5.91. The Balaban J connectivity index is 1.67. The maximum Gasteiger partial charge on any atom is 0.319 e. The minimum atomic E-state index is -1.16. The topological polar surface area (TPSA) is 107 Å². The number of halogens is 3. The summed E-state index contributed by atoms with van der Waals surface area (Å²) in [5.74, 6) is -3.00. The van der Waals surface area contributed by atoms with E-state index in [9.17, 15) is 22.8 Å². The number of H-pyrrole nitrogens is 1. The minimum absolute atomic E-state index is 0.0213. The lowest BCUT2D eigenvalue weighted by atomic mass is 9.96. The molecule has 1 aliphatic heterocycles. The lowest BCUT2D eigenvalue weighted by Gasteiger charge is -2.27.